The number of rotatable bonds is 4. The van der Waals surface area contributed by atoms with Crippen molar-refractivity contribution >= 4 is 23.3 Å². The highest BCUT2D eigenvalue weighted by atomic mass is 35.5. The molecule has 0 aliphatic carbocycles. The third-order valence-electron chi connectivity index (χ3n) is 4.29. The van der Waals surface area contributed by atoms with Crippen LogP contribution in [0.1, 0.15) is 18.4 Å². The number of para-hydroxylation sites is 1. The van der Waals surface area contributed by atoms with Crippen LogP contribution in [-0.4, -0.2) is 30.1 Å². The SMILES string of the molecule is O=C(Nc1ccccc1Cl)NC1CCN(Cc2ccccc2)CC1. The average molecular weight is 344 g/mol. The van der Waals surface area contributed by atoms with Crippen LogP contribution in [0.25, 0.3) is 0 Å². The zero-order chi connectivity index (χ0) is 16.8. The first kappa shape index (κ1) is 16.8. The van der Waals surface area contributed by atoms with E-state index >= 15 is 0 Å². The van der Waals surface area contributed by atoms with Crippen LogP contribution in [-0.2, 0) is 6.54 Å². The molecule has 4 nitrogen and oxygen atoms in total. The van der Waals surface area contributed by atoms with Gasteiger partial charge in [-0.2, -0.15) is 0 Å². The van der Waals surface area contributed by atoms with Gasteiger partial charge in [0.1, 0.15) is 0 Å². The van der Waals surface area contributed by atoms with Crippen LogP contribution in [0.2, 0.25) is 5.02 Å². The van der Waals surface area contributed by atoms with Gasteiger partial charge in [-0.1, -0.05) is 54.1 Å². The zero-order valence-electron chi connectivity index (χ0n) is 13.5. The van der Waals surface area contributed by atoms with E-state index in [9.17, 15) is 4.79 Å². The van der Waals surface area contributed by atoms with Gasteiger partial charge in [0, 0.05) is 25.7 Å². The molecule has 0 radical (unpaired) electrons. The minimum absolute atomic E-state index is 0.190. The molecule has 0 atom stereocenters. The summed E-state index contributed by atoms with van der Waals surface area (Å²) < 4.78 is 0. The fraction of sp³-hybridized carbons (Fsp3) is 0.316. The van der Waals surface area contributed by atoms with E-state index in [0.29, 0.717) is 10.7 Å². The molecule has 2 N–H and O–H groups in total. The zero-order valence-corrected chi connectivity index (χ0v) is 14.3. The summed E-state index contributed by atoms with van der Waals surface area (Å²) in [5.41, 5.74) is 1.97. The molecular weight excluding hydrogens is 322 g/mol. The molecule has 2 aromatic rings. The number of carbonyl (C=O) groups is 1. The summed E-state index contributed by atoms with van der Waals surface area (Å²) in [6.07, 6.45) is 1.92. The second kappa shape index (κ2) is 8.18. The van der Waals surface area contributed by atoms with Gasteiger partial charge in [0.25, 0.3) is 0 Å². The van der Waals surface area contributed by atoms with E-state index in [4.69, 9.17) is 11.6 Å². The number of hydrogen-bond acceptors (Lipinski definition) is 2. The summed E-state index contributed by atoms with van der Waals surface area (Å²) in [5, 5.41) is 6.40. The molecule has 2 amide bonds. The molecule has 1 heterocycles. The first-order valence-electron chi connectivity index (χ1n) is 8.29. The predicted octanol–water partition coefficient (Wildman–Crippen LogP) is 4.13. The topological polar surface area (TPSA) is 44.4 Å². The number of nitrogens with one attached hydrogen (secondary N) is 2. The Bertz CT molecular complexity index is 669. The van der Waals surface area contributed by atoms with E-state index < -0.39 is 0 Å². The molecule has 0 bridgehead atoms. The fourth-order valence-electron chi connectivity index (χ4n) is 2.98. The third kappa shape index (κ3) is 4.73. The molecular formula is C19H22ClN3O. The number of urea groups is 1. The number of hydrogen-bond donors (Lipinski definition) is 2. The predicted molar refractivity (Wildman–Crippen MR) is 98.3 cm³/mol. The third-order valence-corrected chi connectivity index (χ3v) is 4.62. The van der Waals surface area contributed by atoms with Crippen LogP contribution >= 0.6 is 11.6 Å². The highest BCUT2D eigenvalue weighted by Gasteiger charge is 2.20. The van der Waals surface area contributed by atoms with Crippen molar-refractivity contribution < 1.29 is 4.79 Å². The molecule has 126 valence electrons. The van der Waals surface area contributed by atoms with Gasteiger partial charge in [0.15, 0.2) is 0 Å². The Morgan fingerprint density at radius 3 is 2.42 bits per heavy atom. The molecule has 1 fully saturated rings. The van der Waals surface area contributed by atoms with Crippen molar-refractivity contribution in [2.75, 3.05) is 18.4 Å². The second-order valence-electron chi connectivity index (χ2n) is 6.11. The molecule has 5 heteroatoms. The van der Waals surface area contributed by atoms with Crippen LogP contribution < -0.4 is 10.6 Å². The van der Waals surface area contributed by atoms with Crippen LogP contribution in [0.5, 0.6) is 0 Å². The number of likely N-dealkylation sites (tertiary alicyclic amines) is 1. The molecule has 3 rings (SSSR count). The number of piperidine rings is 1. The Kier molecular flexibility index (Phi) is 5.72. The molecule has 1 aliphatic rings. The summed E-state index contributed by atoms with van der Waals surface area (Å²) in [5.74, 6) is 0. The van der Waals surface area contributed by atoms with E-state index in [1.807, 2.05) is 18.2 Å². The maximum absolute atomic E-state index is 12.1. The lowest BCUT2D eigenvalue weighted by molar-refractivity contribution is 0.190. The first-order chi connectivity index (χ1) is 11.7. The molecule has 0 spiro atoms. The summed E-state index contributed by atoms with van der Waals surface area (Å²) in [6, 6.07) is 17.8. The number of carbonyl (C=O) groups excluding carboxylic acids is 1. The van der Waals surface area contributed by atoms with Crippen LogP contribution in [0.3, 0.4) is 0 Å². The van der Waals surface area contributed by atoms with Crippen molar-refractivity contribution in [1.29, 1.82) is 0 Å². The maximum atomic E-state index is 12.1. The first-order valence-corrected chi connectivity index (χ1v) is 8.67. The van der Waals surface area contributed by atoms with Crippen LogP contribution in [0.4, 0.5) is 10.5 Å². The second-order valence-corrected chi connectivity index (χ2v) is 6.52. The lowest BCUT2D eigenvalue weighted by Crippen LogP contribution is -2.45. The lowest BCUT2D eigenvalue weighted by atomic mass is 10.0. The van der Waals surface area contributed by atoms with E-state index in [-0.39, 0.29) is 12.1 Å². The quantitative estimate of drug-likeness (QED) is 0.876. The smallest absolute Gasteiger partial charge is 0.319 e. The largest absolute Gasteiger partial charge is 0.335 e. The molecule has 1 saturated heterocycles. The highest BCUT2D eigenvalue weighted by Crippen LogP contribution is 2.20. The van der Waals surface area contributed by atoms with Gasteiger partial charge in [-0.3, -0.25) is 4.90 Å². The number of anilines is 1. The van der Waals surface area contributed by atoms with Crippen molar-refractivity contribution in [3.8, 4) is 0 Å². The van der Waals surface area contributed by atoms with Gasteiger partial charge < -0.3 is 10.6 Å². The molecule has 24 heavy (non-hydrogen) atoms. The summed E-state index contributed by atoms with van der Waals surface area (Å²) in [4.78, 5) is 14.5. The monoisotopic (exact) mass is 343 g/mol. The molecule has 0 unspecified atom stereocenters. The highest BCUT2D eigenvalue weighted by molar-refractivity contribution is 6.33. The summed E-state index contributed by atoms with van der Waals surface area (Å²) in [7, 11) is 0. The number of benzene rings is 2. The Morgan fingerprint density at radius 1 is 1.04 bits per heavy atom. The van der Waals surface area contributed by atoms with Gasteiger partial charge in [-0.25, -0.2) is 4.79 Å². The average Bonchev–Trinajstić information content (AvgIpc) is 2.60. The van der Waals surface area contributed by atoms with E-state index in [1.54, 1.807) is 12.1 Å². The molecule has 0 aromatic heterocycles. The molecule has 0 saturated carbocycles. The van der Waals surface area contributed by atoms with Crippen molar-refractivity contribution in [2.24, 2.45) is 0 Å². The minimum atomic E-state index is -0.190. The summed E-state index contributed by atoms with van der Waals surface area (Å²) >= 11 is 6.06. The van der Waals surface area contributed by atoms with Gasteiger partial charge in [-0.05, 0) is 30.5 Å². The van der Waals surface area contributed by atoms with Crippen molar-refractivity contribution in [2.45, 2.75) is 25.4 Å². The number of nitrogens with zero attached hydrogens (tertiary/aromatic N) is 1. The van der Waals surface area contributed by atoms with Gasteiger partial charge >= 0.3 is 6.03 Å². The van der Waals surface area contributed by atoms with Crippen LogP contribution in [0.15, 0.2) is 54.6 Å². The Morgan fingerprint density at radius 2 is 1.71 bits per heavy atom. The molecule has 1 aliphatic heterocycles. The van der Waals surface area contributed by atoms with Gasteiger partial charge in [0.05, 0.1) is 10.7 Å². The van der Waals surface area contributed by atoms with Gasteiger partial charge in [0.2, 0.25) is 0 Å². The van der Waals surface area contributed by atoms with Crippen LogP contribution in [0, 0.1) is 0 Å². The number of halogens is 1. The van der Waals surface area contributed by atoms with Gasteiger partial charge in [-0.15, -0.1) is 0 Å². The normalized spacial score (nSPS) is 15.9. The molecule has 2 aromatic carbocycles. The van der Waals surface area contributed by atoms with Crippen molar-refractivity contribution in [3.63, 3.8) is 0 Å². The van der Waals surface area contributed by atoms with Crippen molar-refractivity contribution in [3.05, 3.63) is 65.2 Å². The standard InChI is InChI=1S/C19H22ClN3O/c20-17-8-4-5-9-18(17)22-19(24)21-16-10-12-23(13-11-16)14-15-6-2-1-3-7-15/h1-9,16H,10-14H2,(H2,21,22,24). The fourth-order valence-corrected chi connectivity index (χ4v) is 3.17. The van der Waals surface area contributed by atoms with E-state index in [1.165, 1.54) is 5.56 Å². The van der Waals surface area contributed by atoms with E-state index in [0.717, 1.165) is 32.5 Å². The van der Waals surface area contributed by atoms with E-state index in [2.05, 4.69) is 39.8 Å². The summed E-state index contributed by atoms with van der Waals surface area (Å²) in [6.45, 7) is 2.96. The lowest BCUT2D eigenvalue weighted by Gasteiger charge is -2.32. The minimum Gasteiger partial charge on any atom is -0.335 e. The number of amides is 2. The maximum Gasteiger partial charge on any atom is 0.319 e. The van der Waals surface area contributed by atoms with Crippen molar-refractivity contribution in [1.82, 2.24) is 10.2 Å². The Balaban J connectivity index is 1.43. The Labute approximate surface area is 147 Å². The Hall–Kier alpha value is -2.04.